The van der Waals surface area contributed by atoms with Gasteiger partial charge >= 0.3 is 0 Å². The number of rotatable bonds is 4. The quantitative estimate of drug-likeness (QED) is 0.330. The molecule has 158 valence electrons. The molecule has 0 atom stereocenters. The first-order valence-electron chi connectivity index (χ1n) is 10.1. The standard InChI is InChI=1S/C26H16BrN5O/c27-20-11-12-23-22(14-20)26(33)30-25(29-23)18(15-28)13-19-16-32(21-9-5-2-6-10-21)31-24(19)17-7-3-1-4-8-17/h1-14,16H,(H,29,30,33)/b18-13+. The summed E-state index contributed by atoms with van der Waals surface area (Å²) in [5.74, 6) is 0.212. The number of nitriles is 1. The number of nitrogens with zero attached hydrogens (tertiary/aromatic N) is 4. The molecule has 2 aromatic heterocycles. The maximum Gasteiger partial charge on any atom is 0.259 e. The molecule has 5 rings (SSSR count). The van der Waals surface area contributed by atoms with E-state index in [1.54, 1.807) is 22.9 Å². The van der Waals surface area contributed by atoms with Gasteiger partial charge in [0.2, 0.25) is 0 Å². The van der Waals surface area contributed by atoms with Crippen LogP contribution >= 0.6 is 15.9 Å². The maximum atomic E-state index is 12.6. The predicted molar refractivity (Wildman–Crippen MR) is 133 cm³/mol. The van der Waals surface area contributed by atoms with E-state index < -0.39 is 0 Å². The third kappa shape index (κ3) is 4.12. The van der Waals surface area contributed by atoms with Crippen LogP contribution in [0.25, 0.3) is 39.5 Å². The third-order valence-corrected chi connectivity index (χ3v) is 5.65. The Balaban J connectivity index is 1.68. The third-order valence-electron chi connectivity index (χ3n) is 5.15. The number of H-pyrrole nitrogens is 1. The van der Waals surface area contributed by atoms with Crippen molar-refractivity contribution in [3.8, 4) is 23.0 Å². The molecule has 0 spiro atoms. The molecular formula is C26H16BrN5O. The van der Waals surface area contributed by atoms with Crippen LogP contribution in [0.2, 0.25) is 0 Å². The molecule has 7 heteroatoms. The Kier molecular flexibility index (Phi) is 5.43. The van der Waals surface area contributed by atoms with Gasteiger partial charge in [-0.15, -0.1) is 0 Å². The van der Waals surface area contributed by atoms with E-state index in [0.29, 0.717) is 10.9 Å². The number of nitrogens with one attached hydrogen (secondary N) is 1. The van der Waals surface area contributed by atoms with Crippen molar-refractivity contribution in [3.63, 3.8) is 0 Å². The monoisotopic (exact) mass is 493 g/mol. The molecule has 1 N–H and O–H groups in total. The Bertz CT molecular complexity index is 1600. The molecule has 2 heterocycles. The lowest BCUT2D eigenvalue weighted by atomic mass is 10.1. The fourth-order valence-corrected chi connectivity index (χ4v) is 3.93. The molecule has 0 unspecified atom stereocenters. The summed E-state index contributed by atoms with van der Waals surface area (Å²) in [5.41, 5.74) is 3.72. The molecule has 5 aromatic rings. The molecule has 0 saturated carbocycles. The molecule has 0 aliphatic heterocycles. The van der Waals surface area contributed by atoms with Crippen LogP contribution in [0.4, 0.5) is 0 Å². The van der Waals surface area contributed by atoms with Gasteiger partial charge in [-0.25, -0.2) is 9.67 Å². The first kappa shape index (κ1) is 20.6. The van der Waals surface area contributed by atoms with E-state index in [0.717, 1.165) is 27.0 Å². The molecule has 0 amide bonds. The molecule has 6 nitrogen and oxygen atoms in total. The Labute approximate surface area is 197 Å². The van der Waals surface area contributed by atoms with Crippen molar-refractivity contribution in [1.29, 1.82) is 5.26 Å². The van der Waals surface area contributed by atoms with Crippen molar-refractivity contribution >= 4 is 38.5 Å². The second-order valence-electron chi connectivity index (χ2n) is 7.33. The minimum absolute atomic E-state index is 0.212. The minimum atomic E-state index is -0.305. The van der Waals surface area contributed by atoms with E-state index in [4.69, 9.17) is 5.10 Å². The zero-order valence-corrected chi connectivity index (χ0v) is 18.8. The number of aromatic nitrogens is 4. The van der Waals surface area contributed by atoms with Crippen LogP contribution in [0.5, 0.6) is 0 Å². The summed E-state index contributed by atoms with van der Waals surface area (Å²) >= 11 is 3.37. The Hall–Kier alpha value is -4.28. The number of fused-ring (bicyclic) bond motifs is 1. The van der Waals surface area contributed by atoms with Crippen molar-refractivity contribution in [2.24, 2.45) is 0 Å². The summed E-state index contributed by atoms with van der Waals surface area (Å²) in [6.07, 6.45) is 3.57. The van der Waals surface area contributed by atoms with Crippen LogP contribution in [0, 0.1) is 11.3 Å². The number of benzene rings is 3. The van der Waals surface area contributed by atoms with Gasteiger partial charge in [0.1, 0.15) is 6.07 Å². The van der Waals surface area contributed by atoms with E-state index in [-0.39, 0.29) is 17.0 Å². The average molecular weight is 494 g/mol. The highest BCUT2D eigenvalue weighted by Gasteiger charge is 2.14. The van der Waals surface area contributed by atoms with Crippen LogP contribution in [0.1, 0.15) is 11.4 Å². The van der Waals surface area contributed by atoms with Crippen molar-refractivity contribution < 1.29 is 0 Å². The summed E-state index contributed by atoms with van der Waals surface area (Å²) in [4.78, 5) is 19.9. The summed E-state index contributed by atoms with van der Waals surface area (Å²) in [7, 11) is 0. The summed E-state index contributed by atoms with van der Waals surface area (Å²) in [6.45, 7) is 0. The summed E-state index contributed by atoms with van der Waals surface area (Å²) in [5, 5.41) is 15.1. The van der Waals surface area contributed by atoms with E-state index in [2.05, 4.69) is 32.0 Å². The van der Waals surface area contributed by atoms with Crippen molar-refractivity contribution in [1.82, 2.24) is 19.7 Å². The fraction of sp³-hybridized carbons (Fsp3) is 0. The highest BCUT2D eigenvalue weighted by molar-refractivity contribution is 9.10. The van der Waals surface area contributed by atoms with Gasteiger partial charge in [-0.1, -0.05) is 64.5 Å². The zero-order valence-electron chi connectivity index (χ0n) is 17.2. The van der Waals surface area contributed by atoms with Crippen molar-refractivity contribution in [2.75, 3.05) is 0 Å². The number of hydrogen-bond acceptors (Lipinski definition) is 4. The topological polar surface area (TPSA) is 87.4 Å². The Morgan fingerprint density at radius 3 is 2.48 bits per heavy atom. The summed E-state index contributed by atoms with van der Waals surface area (Å²) in [6, 6.07) is 26.9. The van der Waals surface area contributed by atoms with Gasteiger partial charge < -0.3 is 4.98 Å². The fourth-order valence-electron chi connectivity index (χ4n) is 3.57. The minimum Gasteiger partial charge on any atom is -0.305 e. The van der Waals surface area contributed by atoms with Crippen LogP contribution in [0.3, 0.4) is 0 Å². The second kappa shape index (κ2) is 8.69. The van der Waals surface area contributed by atoms with Gasteiger partial charge in [-0.3, -0.25) is 4.79 Å². The van der Waals surface area contributed by atoms with E-state index in [9.17, 15) is 10.1 Å². The molecule has 0 aliphatic rings. The molecule has 0 saturated heterocycles. The highest BCUT2D eigenvalue weighted by Crippen LogP contribution is 2.27. The van der Waals surface area contributed by atoms with Gasteiger partial charge in [0.05, 0.1) is 27.9 Å². The van der Waals surface area contributed by atoms with Crippen molar-refractivity contribution in [3.05, 3.63) is 111 Å². The lowest BCUT2D eigenvalue weighted by molar-refractivity contribution is 0.884. The van der Waals surface area contributed by atoms with E-state index in [1.165, 1.54) is 0 Å². The van der Waals surface area contributed by atoms with Crippen LogP contribution in [0.15, 0.2) is 94.3 Å². The number of hydrogen-bond donors (Lipinski definition) is 1. The van der Waals surface area contributed by atoms with Gasteiger partial charge in [-0.2, -0.15) is 10.4 Å². The molecular weight excluding hydrogens is 478 g/mol. The molecule has 0 bridgehead atoms. The van der Waals surface area contributed by atoms with Gasteiger partial charge in [0.15, 0.2) is 5.82 Å². The van der Waals surface area contributed by atoms with Crippen LogP contribution < -0.4 is 5.56 Å². The van der Waals surface area contributed by atoms with E-state index in [1.807, 2.05) is 72.9 Å². The SMILES string of the molecule is N#C/C(=C\c1cn(-c2ccccc2)nc1-c1ccccc1)c1nc2ccc(Br)cc2c(=O)[nH]1. The average Bonchev–Trinajstić information content (AvgIpc) is 3.28. The molecule has 3 aromatic carbocycles. The molecule has 33 heavy (non-hydrogen) atoms. The highest BCUT2D eigenvalue weighted by atomic mass is 79.9. The van der Waals surface area contributed by atoms with Crippen molar-refractivity contribution in [2.45, 2.75) is 0 Å². The first-order chi connectivity index (χ1) is 16.1. The van der Waals surface area contributed by atoms with Gasteiger partial charge in [0, 0.05) is 21.8 Å². The second-order valence-corrected chi connectivity index (χ2v) is 8.24. The molecule has 0 aliphatic carbocycles. The Morgan fingerprint density at radius 1 is 1.03 bits per heavy atom. The normalized spacial score (nSPS) is 11.5. The smallest absolute Gasteiger partial charge is 0.259 e. The zero-order chi connectivity index (χ0) is 22.8. The Morgan fingerprint density at radius 2 is 1.76 bits per heavy atom. The lowest BCUT2D eigenvalue weighted by Crippen LogP contribution is -2.11. The molecule has 0 fully saturated rings. The van der Waals surface area contributed by atoms with E-state index >= 15 is 0 Å². The summed E-state index contributed by atoms with van der Waals surface area (Å²) < 4.78 is 2.56. The van der Waals surface area contributed by atoms with Crippen LogP contribution in [-0.2, 0) is 0 Å². The number of para-hydroxylation sites is 1. The first-order valence-corrected chi connectivity index (χ1v) is 10.9. The van der Waals surface area contributed by atoms with Crippen LogP contribution in [-0.4, -0.2) is 19.7 Å². The van der Waals surface area contributed by atoms with Gasteiger partial charge in [-0.05, 0) is 36.4 Å². The largest absolute Gasteiger partial charge is 0.305 e. The maximum absolute atomic E-state index is 12.6. The lowest BCUT2D eigenvalue weighted by Gasteiger charge is -2.03. The number of allylic oxidation sites excluding steroid dienone is 1. The number of aromatic amines is 1. The van der Waals surface area contributed by atoms with Gasteiger partial charge in [0.25, 0.3) is 5.56 Å². The predicted octanol–water partition coefficient (Wildman–Crippen LogP) is 5.60. The number of halogens is 1. The molecule has 0 radical (unpaired) electrons.